The maximum absolute atomic E-state index is 13.8. The lowest BCUT2D eigenvalue weighted by Gasteiger charge is -2.35. The Labute approximate surface area is 201 Å². The molecule has 3 aromatic rings. The maximum Gasteiger partial charge on any atom is 0.273 e. The van der Waals surface area contributed by atoms with Crippen LogP contribution in [0.15, 0.2) is 36.4 Å². The number of carbonyl (C=O) groups excluding carboxylic acids is 1. The van der Waals surface area contributed by atoms with Crippen LogP contribution in [0.3, 0.4) is 0 Å². The van der Waals surface area contributed by atoms with E-state index in [2.05, 4.69) is 4.90 Å². The van der Waals surface area contributed by atoms with Gasteiger partial charge in [-0.3, -0.25) is 14.6 Å². The van der Waals surface area contributed by atoms with Crippen LogP contribution in [-0.2, 0) is 9.53 Å². The molecule has 33 heavy (non-hydrogen) atoms. The number of hydrogen-bond donors (Lipinski definition) is 0. The zero-order chi connectivity index (χ0) is 22.9. The number of aromatic nitrogens is 1. The average molecular weight is 488 g/mol. The number of ether oxygens (including phenoxy) is 3. The molecule has 1 aromatic heterocycles. The minimum Gasteiger partial charge on any atom is -0.482 e. The van der Waals surface area contributed by atoms with Gasteiger partial charge in [0.25, 0.3) is 5.91 Å². The number of halogens is 1. The minimum atomic E-state index is -0.770. The lowest BCUT2D eigenvalue weighted by Crippen LogP contribution is -2.52. The van der Waals surface area contributed by atoms with Crippen LogP contribution in [0.1, 0.15) is 12.5 Å². The molecule has 0 bridgehead atoms. The number of rotatable bonds is 5. The number of hydrogen-bond acceptors (Lipinski definition) is 7. The van der Waals surface area contributed by atoms with E-state index in [1.165, 1.54) is 11.3 Å². The molecular formula is C24H26ClN3O4S. The van der Waals surface area contributed by atoms with E-state index in [0.29, 0.717) is 41.4 Å². The van der Waals surface area contributed by atoms with Crippen LogP contribution in [0.4, 0.5) is 5.13 Å². The predicted octanol–water partition coefficient (Wildman–Crippen LogP) is 4.15. The number of anilines is 1. The van der Waals surface area contributed by atoms with Gasteiger partial charge in [-0.05, 0) is 37.6 Å². The lowest BCUT2D eigenvalue weighted by atomic mass is 10.1. The molecule has 2 aliphatic rings. The molecule has 0 spiro atoms. The molecule has 174 valence electrons. The number of para-hydroxylation sites is 2. The molecule has 7 nitrogen and oxygen atoms in total. The standard InChI is InChI=1S/C24H26ClN3O4S/c1-15-7-8-17(25)22-20(15)26-24(33-22)28(10-9-27-11-13-30-14-12-27)23(29)21-16(2)31-18-5-3-4-6-19(18)32-21/h3-8,16,21H,9-14H2,1-2H3. The highest BCUT2D eigenvalue weighted by Gasteiger charge is 2.38. The minimum absolute atomic E-state index is 0.168. The second kappa shape index (κ2) is 9.46. The smallest absolute Gasteiger partial charge is 0.273 e. The molecule has 9 heteroatoms. The SMILES string of the molecule is Cc1ccc(Cl)c2sc(N(CCN3CCOCC3)C(=O)C3Oc4ccccc4OC3C)nc12. The highest BCUT2D eigenvalue weighted by molar-refractivity contribution is 7.23. The van der Waals surface area contributed by atoms with E-state index >= 15 is 0 Å². The van der Waals surface area contributed by atoms with Crippen LogP contribution < -0.4 is 14.4 Å². The monoisotopic (exact) mass is 487 g/mol. The zero-order valence-electron chi connectivity index (χ0n) is 18.6. The van der Waals surface area contributed by atoms with E-state index in [9.17, 15) is 4.79 Å². The van der Waals surface area contributed by atoms with Crippen molar-refractivity contribution in [2.75, 3.05) is 44.3 Å². The van der Waals surface area contributed by atoms with Crippen molar-refractivity contribution in [3.8, 4) is 11.5 Å². The summed E-state index contributed by atoms with van der Waals surface area (Å²) in [6.45, 7) is 8.17. The zero-order valence-corrected chi connectivity index (χ0v) is 20.2. The Bertz CT molecular complexity index is 1120. The summed E-state index contributed by atoms with van der Waals surface area (Å²) < 4.78 is 18.5. The summed E-state index contributed by atoms with van der Waals surface area (Å²) in [6, 6.07) is 11.2. The van der Waals surface area contributed by atoms with Crippen molar-refractivity contribution < 1.29 is 19.0 Å². The molecule has 2 aliphatic heterocycles. The number of aryl methyl sites for hydroxylation is 1. The average Bonchev–Trinajstić information content (AvgIpc) is 3.28. The largest absolute Gasteiger partial charge is 0.482 e. The van der Waals surface area contributed by atoms with Crippen molar-refractivity contribution in [3.05, 3.63) is 47.0 Å². The number of amides is 1. The van der Waals surface area contributed by atoms with Crippen LogP contribution in [0.25, 0.3) is 10.2 Å². The van der Waals surface area contributed by atoms with E-state index in [-0.39, 0.29) is 5.91 Å². The van der Waals surface area contributed by atoms with Gasteiger partial charge >= 0.3 is 0 Å². The molecular weight excluding hydrogens is 462 g/mol. The summed E-state index contributed by atoms with van der Waals surface area (Å²) in [4.78, 5) is 22.7. The van der Waals surface area contributed by atoms with Gasteiger partial charge in [-0.25, -0.2) is 4.98 Å². The van der Waals surface area contributed by atoms with Crippen molar-refractivity contribution in [2.24, 2.45) is 0 Å². The number of carbonyl (C=O) groups is 1. The van der Waals surface area contributed by atoms with Gasteiger partial charge in [0, 0.05) is 26.2 Å². The number of fused-ring (bicyclic) bond motifs is 2. The molecule has 0 saturated carbocycles. The molecule has 0 radical (unpaired) electrons. The van der Waals surface area contributed by atoms with Crippen molar-refractivity contribution in [1.29, 1.82) is 0 Å². The van der Waals surface area contributed by atoms with Crippen molar-refractivity contribution in [2.45, 2.75) is 26.1 Å². The van der Waals surface area contributed by atoms with Crippen LogP contribution >= 0.6 is 22.9 Å². The van der Waals surface area contributed by atoms with Gasteiger partial charge in [0.2, 0.25) is 6.10 Å². The Hall–Kier alpha value is -2.39. The number of thiazole rings is 1. The molecule has 0 N–H and O–H groups in total. The second-order valence-electron chi connectivity index (χ2n) is 8.29. The molecule has 0 aliphatic carbocycles. The normalized spacial score (nSPS) is 20.7. The Morgan fingerprint density at radius 3 is 2.64 bits per heavy atom. The summed E-state index contributed by atoms with van der Waals surface area (Å²) in [5, 5.41) is 1.26. The van der Waals surface area contributed by atoms with Crippen molar-refractivity contribution >= 4 is 44.2 Å². The molecule has 1 saturated heterocycles. The Morgan fingerprint density at radius 2 is 1.91 bits per heavy atom. The summed E-state index contributed by atoms with van der Waals surface area (Å²) in [6.07, 6.45) is -1.20. The number of nitrogens with zero attached hydrogens (tertiary/aromatic N) is 3. The van der Waals surface area contributed by atoms with E-state index in [0.717, 1.165) is 35.4 Å². The summed E-state index contributed by atoms with van der Waals surface area (Å²) in [5.41, 5.74) is 1.85. The fraction of sp³-hybridized carbons (Fsp3) is 0.417. The highest BCUT2D eigenvalue weighted by atomic mass is 35.5. The quantitative estimate of drug-likeness (QED) is 0.538. The lowest BCUT2D eigenvalue weighted by molar-refractivity contribution is -0.130. The Kier molecular flexibility index (Phi) is 6.42. The molecule has 1 amide bonds. The Morgan fingerprint density at radius 1 is 1.18 bits per heavy atom. The molecule has 3 heterocycles. The van der Waals surface area contributed by atoms with Crippen molar-refractivity contribution in [1.82, 2.24) is 9.88 Å². The van der Waals surface area contributed by atoms with Gasteiger partial charge in [-0.2, -0.15) is 0 Å². The van der Waals surface area contributed by atoms with E-state index < -0.39 is 12.2 Å². The number of morpholine rings is 1. The molecule has 2 aromatic carbocycles. The highest BCUT2D eigenvalue weighted by Crippen LogP contribution is 2.38. The van der Waals surface area contributed by atoms with Gasteiger partial charge in [0.15, 0.2) is 16.6 Å². The summed E-state index contributed by atoms with van der Waals surface area (Å²) >= 11 is 7.89. The molecule has 2 unspecified atom stereocenters. The number of benzene rings is 2. The molecule has 2 atom stereocenters. The van der Waals surface area contributed by atoms with E-state index in [4.69, 9.17) is 30.8 Å². The van der Waals surface area contributed by atoms with Gasteiger partial charge in [-0.15, -0.1) is 0 Å². The van der Waals surface area contributed by atoms with Crippen LogP contribution in [0.2, 0.25) is 5.02 Å². The molecule has 1 fully saturated rings. The third-order valence-electron chi connectivity index (χ3n) is 6.01. The topological polar surface area (TPSA) is 64.1 Å². The summed E-state index contributed by atoms with van der Waals surface area (Å²) in [5.74, 6) is 1.06. The van der Waals surface area contributed by atoms with Gasteiger partial charge in [0.1, 0.15) is 6.10 Å². The third kappa shape index (κ3) is 4.53. The van der Waals surface area contributed by atoms with Crippen LogP contribution in [0, 0.1) is 6.92 Å². The van der Waals surface area contributed by atoms with Gasteiger partial charge < -0.3 is 14.2 Å². The van der Waals surface area contributed by atoms with E-state index in [1.54, 1.807) is 4.90 Å². The fourth-order valence-electron chi connectivity index (χ4n) is 4.12. The fourth-order valence-corrected chi connectivity index (χ4v) is 5.46. The molecule has 5 rings (SSSR count). The first-order chi connectivity index (χ1) is 16.0. The first-order valence-corrected chi connectivity index (χ1v) is 12.3. The van der Waals surface area contributed by atoms with Gasteiger partial charge in [0.05, 0.1) is 28.5 Å². The van der Waals surface area contributed by atoms with Crippen molar-refractivity contribution in [3.63, 3.8) is 0 Å². The first-order valence-electron chi connectivity index (χ1n) is 11.1. The van der Waals surface area contributed by atoms with Crippen LogP contribution in [0.5, 0.6) is 11.5 Å². The van der Waals surface area contributed by atoms with E-state index in [1.807, 2.05) is 50.2 Å². The second-order valence-corrected chi connectivity index (χ2v) is 9.68. The third-order valence-corrected chi connectivity index (χ3v) is 7.55. The maximum atomic E-state index is 13.8. The predicted molar refractivity (Wildman–Crippen MR) is 130 cm³/mol. The summed E-state index contributed by atoms with van der Waals surface area (Å²) in [7, 11) is 0. The van der Waals surface area contributed by atoms with Gasteiger partial charge in [-0.1, -0.05) is 41.1 Å². The Balaban J connectivity index is 1.46. The first kappa shape index (κ1) is 22.4. The van der Waals surface area contributed by atoms with Crippen LogP contribution in [-0.4, -0.2) is 67.4 Å².